The van der Waals surface area contributed by atoms with Crippen molar-refractivity contribution in [1.29, 1.82) is 0 Å². The van der Waals surface area contributed by atoms with Crippen LogP contribution in [0.4, 0.5) is 5.69 Å². The maximum absolute atomic E-state index is 12.8. The molecule has 1 aliphatic heterocycles. The van der Waals surface area contributed by atoms with Gasteiger partial charge in [-0.25, -0.2) is 0 Å². The minimum atomic E-state index is -0.953. The van der Waals surface area contributed by atoms with Crippen molar-refractivity contribution < 1.29 is 14.7 Å². The number of carboxylic acid groups (broad SMARTS) is 1. The molecular formula is C15H12Cl2N2O3. The number of amides is 1. The summed E-state index contributed by atoms with van der Waals surface area (Å²) in [7, 11) is 1.64. The van der Waals surface area contributed by atoms with Crippen LogP contribution in [0, 0.1) is 0 Å². The molecule has 0 radical (unpaired) electrons. The zero-order valence-corrected chi connectivity index (χ0v) is 13.1. The summed E-state index contributed by atoms with van der Waals surface area (Å²) in [6.07, 6.45) is 0. The van der Waals surface area contributed by atoms with Crippen molar-refractivity contribution in [2.75, 3.05) is 11.4 Å². The topological polar surface area (TPSA) is 62.5 Å². The fourth-order valence-electron chi connectivity index (χ4n) is 2.70. The molecule has 0 bridgehead atoms. The van der Waals surface area contributed by atoms with Crippen molar-refractivity contribution in [3.05, 3.63) is 51.8 Å². The number of fused-ring (bicyclic) bond motifs is 1. The predicted octanol–water partition coefficient (Wildman–Crippen LogP) is 3.16. The van der Waals surface area contributed by atoms with E-state index >= 15 is 0 Å². The van der Waals surface area contributed by atoms with E-state index < -0.39 is 11.9 Å². The van der Waals surface area contributed by atoms with Crippen molar-refractivity contribution in [2.45, 2.75) is 5.92 Å². The smallest absolute Gasteiger partial charge is 0.312 e. The fourth-order valence-corrected chi connectivity index (χ4v) is 3.07. The molecule has 1 amide bonds. The lowest BCUT2D eigenvalue weighted by molar-refractivity contribution is -0.138. The second-order valence-electron chi connectivity index (χ2n) is 5.09. The molecule has 1 atom stereocenters. The zero-order valence-electron chi connectivity index (χ0n) is 11.6. The van der Waals surface area contributed by atoms with E-state index in [9.17, 15) is 14.7 Å². The standard InChI is InChI=1S/C15H12Cl2N2O3/c1-18-12(6-10(16)13(18)17)14(20)19-7-9(15(21)22)8-4-2-3-5-11(8)19/h2-6,9H,7H2,1H3,(H,21,22). The van der Waals surface area contributed by atoms with Gasteiger partial charge in [-0.05, 0) is 17.7 Å². The molecule has 0 saturated carbocycles. The first-order valence-electron chi connectivity index (χ1n) is 6.56. The van der Waals surface area contributed by atoms with Crippen molar-refractivity contribution in [2.24, 2.45) is 7.05 Å². The minimum Gasteiger partial charge on any atom is -0.481 e. The largest absolute Gasteiger partial charge is 0.481 e. The first-order chi connectivity index (χ1) is 10.4. The lowest BCUT2D eigenvalue weighted by atomic mass is 10.0. The Morgan fingerprint density at radius 3 is 2.55 bits per heavy atom. The van der Waals surface area contributed by atoms with E-state index in [2.05, 4.69) is 0 Å². The summed E-state index contributed by atoms with van der Waals surface area (Å²) < 4.78 is 1.49. The number of para-hydroxylation sites is 1. The third kappa shape index (κ3) is 2.17. The van der Waals surface area contributed by atoms with Gasteiger partial charge in [-0.3, -0.25) is 9.59 Å². The van der Waals surface area contributed by atoms with Gasteiger partial charge in [-0.2, -0.15) is 0 Å². The molecule has 1 aromatic carbocycles. The summed E-state index contributed by atoms with van der Waals surface area (Å²) in [6.45, 7) is 0.0912. The van der Waals surface area contributed by atoms with E-state index in [1.54, 1.807) is 31.3 Å². The molecule has 7 heteroatoms. The van der Waals surface area contributed by atoms with Gasteiger partial charge in [0.25, 0.3) is 5.91 Å². The highest BCUT2D eigenvalue weighted by Crippen LogP contribution is 2.37. The van der Waals surface area contributed by atoms with Gasteiger partial charge >= 0.3 is 5.97 Å². The molecule has 22 heavy (non-hydrogen) atoms. The molecular weight excluding hydrogens is 327 g/mol. The number of carbonyl (C=O) groups excluding carboxylic acids is 1. The van der Waals surface area contributed by atoms with E-state index in [-0.39, 0.29) is 22.6 Å². The maximum Gasteiger partial charge on any atom is 0.312 e. The third-order valence-electron chi connectivity index (χ3n) is 3.85. The van der Waals surface area contributed by atoms with Gasteiger partial charge in [0.15, 0.2) is 0 Å². The lowest BCUT2D eigenvalue weighted by Crippen LogP contribution is -2.32. The predicted molar refractivity (Wildman–Crippen MR) is 83.9 cm³/mol. The molecule has 1 unspecified atom stereocenters. The molecule has 114 valence electrons. The highest BCUT2D eigenvalue weighted by Gasteiger charge is 2.37. The van der Waals surface area contributed by atoms with Gasteiger partial charge in [0.05, 0.1) is 5.02 Å². The summed E-state index contributed by atoms with van der Waals surface area (Å²) >= 11 is 11.9. The van der Waals surface area contributed by atoms with E-state index in [4.69, 9.17) is 23.2 Å². The SMILES string of the molecule is Cn1c(C(=O)N2CC(C(=O)O)c3ccccc32)cc(Cl)c1Cl. The monoisotopic (exact) mass is 338 g/mol. The molecule has 0 fully saturated rings. The van der Waals surface area contributed by atoms with E-state index in [0.717, 1.165) is 0 Å². The second-order valence-corrected chi connectivity index (χ2v) is 5.86. The Kier molecular flexibility index (Phi) is 3.62. The van der Waals surface area contributed by atoms with Crippen LogP contribution in [0.25, 0.3) is 0 Å². The summed E-state index contributed by atoms with van der Waals surface area (Å²) in [5.74, 6) is -2.01. The summed E-state index contributed by atoms with van der Waals surface area (Å²) in [5, 5.41) is 9.91. The number of aliphatic carboxylic acids is 1. The van der Waals surface area contributed by atoms with Crippen LogP contribution < -0.4 is 4.90 Å². The Hall–Kier alpha value is -1.98. The van der Waals surface area contributed by atoms with Crippen LogP contribution in [0.1, 0.15) is 22.0 Å². The molecule has 1 N–H and O–H groups in total. The van der Waals surface area contributed by atoms with Crippen molar-refractivity contribution in [3.63, 3.8) is 0 Å². The lowest BCUT2D eigenvalue weighted by Gasteiger charge is -2.17. The van der Waals surface area contributed by atoms with Gasteiger partial charge in [-0.1, -0.05) is 41.4 Å². The Morgan fingerprint density at radius 1 is 1.27 bits per heavy atom. The van der Waals surface area contributed by atoms with Crippen molar-refractivity contribution in [1.82, 2.24) is 4.57 Å². The average Bonchev–Trinajstić information content (AvgIpc) is 3.00. The number of aromatic nitrogens is 1. The summed E-state index contributed by atoms with van der Waals surface area (Å²) in [5.41, 5.74) is 1.55. The normalized spacial score (nSPS) is 16.7. The fraction of sp³-hybridized carbons (Fsp3) is 0.200. The Balaban J connectivity index is 2.04. The molecule has 0 spiro atoms. The number of rotatable bonds is 2. The molecule has 1 aromatic heterocycles. The van der Waals surface area contributed by atoms with Gasteiger partial charge < -0.3 is 14.6 Å². The molecule has 2 heterocycles. The van der Waals surface area contributed by atoms with Crippen LogP contribution >= 0.6 is 23.2 Å². The van der Waals surface area contributed by atoms with E-state index in [1.165, 1.54) is 15.5 Å². The number of halogens is 2. The highest BCUT2D eigenvalue weighted by atomic mass is 35.5. The van der Waals surface area contributed by atoms with Crippen LogP contribution in [0.15, 0.2) is 30.3 Å². The van der Waals surface area contributed by atoms with E-state index in [1.807, 2.05) is 0 Å². The first kappa shape index (κ1) is 14.9. The van der Waals surface area contributed by atoms with E-state index in [0.29, 0.717) is 16.9 Å². The first-order valence-corrected chi connectivity index (χ1v) is 7.31. The Bertz CT molecular complexity index is 785. The molecule has 5 nitrogen and oxygen atoms in total. The maximum atomic E-state index is 12.8. The molecule has 2 aromatic rings. The van der Waals surface area contributed by atoms with Crippen LogP contribution in [0.5, 0.6) is 0 Å². The van der Waals surface area contributed by atoms with Crippen molar-refractivity contribution in [3.8, 4) is 0 Å². The highest BCUT2D eigenvalue weighted by molar-refractivity contribution is 6.42. The molecule has 3 rings (SSSR count). The second kappa shape index (κ2) is 5.34. The number of hydrogen-bond acceptors (Lipinski definition) is 2. The molecule has 1 aliphatic rings. The zero-order chi connectivity index (χ0) is 16.0. The minimum absolute atomic E-state index is 0.0912. The van der Waals surface area contributed by atoms with Gasteiger partial charge in [-0.15, -0.1) is 0 Å². The quantitative estimate of drug-likeness (QED) is 0.914. The van der Waals surface area contributed by atoms with Crippen LogP contribution in [-0.4, -0.2) is 28.1 Å². The number of carboxylic acids is 1. The number of carbonyl (C=O) groups is 2. The molecule has 0 aliphatic carbocycles. The Labute approximate surface area is 136 Å². The summed E-state index contributed by atoms with van der Waals surface area (Å²) in [6, 6.07) is 8.49. The van der Waals surface area contributed by atoms with Crippen molar-refractivity contribution >= 4 is 40.8 Å². The average molecular weight is 339 g/mol. The van der Waals surface area contributed by atoms with Crippen LogP contribution in [0.2, 0.25) is 10.2 Å². The van der Waals surface area contributed by atoms with Gasteiger partial charge in [0.2, 0.25) is 0 Å². The third-order valence-corrected chi connectivity index (χ3v) is 4.69. The molecule has 0 saturated heterocycles. The van der Waals surface area contributed by atoms with Crippen LogP contribution in [-0.2, 0) is 11.8 Å². The van der Waals surface area contributed by atoms with Gasteiger partial charge in [0.1, 0.15) is 16.8 Å². The number of benzene rings is 1. The summed E-state index contributed by atoms with van der Waals surface area (Å²) in [4.78, 5) is 25.6. The van der Waals surface area contributed by atoms with Crippen LogP contribution in [0.3, 0.4) is 0 Å². The number of anilines is 1. The van der Waals surface area contributed by atoms with Gasteiger partial charge in [0, 0.05) is 19.3 Å². The number of hydrogen-bond donors (Lipinski definition) is 1. The Morgan fingerprint density at radius 2 is 1.95 bits per heavy atom. The number of nitrogens with zero attached hydrogens (tertiary/aromatic N) is 2.